The molecule has 0 N–H and O–H groups in total. The van der Waals surface area contributed by atoms with Gasteiger partial charge in [0, 0.05) is 13.6 Å². The fourth-order valence-corrected chi connectivity index (χ4v) is 0.809. The largest absolute Gasteiger partial charge is 0.309 e. The first-order valence-electron chi connectivity index (χ1n) is 3.86. The summed E-state index contributed by atoms with van der Waals surface area (Å²) in [7, 11) is 5.78. The van der Waals surface area contributed by atoms with Crippen LogP contribution in [-0.4, -0.2) is 44.1 Å². The molecule has 0 unspecified atom stereocenters. The van der Waals surface area contributed by atoms with E-state index in [0.29, 0.717) is 0 Å². The molecular formula is C7H17N3O. The Morgan fingerprint density at radius 1 is 1.09 bits per heavy atom. The highest BCUT2D eigenvalue weighted by Gasteiger charge is 1.94. The molecule has 66 valence electrons. The van der Waals surface area contributed by atoms with Gasteiger partial charge < -0.3 is 4.90 Å². The van der Waals surface area contributed by atoms with E-state index in [2.05, 4.69) is 10.2 Å². The molecule has 0 aliphatic carbocycles. The minimum atomic E-state index is 0.761. The van der Waals surface area contributed by atoms with Crippen LogP contribution in [0, 0.1) is 4.91 Å². The molecule has 0 atom stereocenters. The second-order valence-corrected chi connectivity index (χ2v) is 2.97. The number of nitroso groups, excluding NO2 is 1. The van der Waals surface area contributed by atoms with Gasteiger partial charge in [-0.2, -0.15) is 0 Å². The zero-order chi connectivity index (χ0) is 8.69. The smallest absolute Gasteiger partial charge is 0.0521 e. The van der Waals surface area contributed by atoms with Crippen molar-refractivity contribution in [3.63, 3.8) is 0 Å². The summed E-state index contributed by atoms with van der Waals surface area (Å²) in [5.74, 6) is 0. The van der Waals surface area contributed by atoms with Crippen LogP contribution in [0.5, 0.6) is 0 Å². The van der Waals surface area contributed by atoms with E-state index >= 15 is 0 Å². The van der Waals surface area contributed by atoms with Crippen LogP contribution in [-0.2, 0) is 0 Å². The van der Waals surface area contributed by atoms with Crippen LogP contribution >= 0.6 is 0 Å². The van der Waals surface area contributed by atoms with Crippen molar-refractivity contribution in [3.05, 3.63) is 4.91 Å². The minimum Gasteiger partial charge on any atom is -0.309 e. The molecule has 4 nitrogen and oxygen atoms in total. The van der Waals surface area contributed by atoms with Crippen LogP contribution in [0.2, 0.25) is 0 Å². The number of hydrogen-bond donors (Lipinski definition) is 0. The van der Waals surface area contributed by atoms with Gasteiger partial charge in [0.25, 0.3) is 0 Å². The Morgan fingerprint density at radius 3 is 2.09 bits per heavy atom. The molecule has 0 bridgehead atoms. The molecule has 0 aliphatic rings. The van der Waals surface area contributed by atoms with Gasteiger partial charge in [0.05, 0.1) is 5.29 Å². The second kappa shape index (κ2) is 6.09. The van der Waals surface area contributed by atoms with Crippen LogP contribution in [0.25, 0.3) is 0 Å². The molecule has 0 fully saturated rings. The Kier molecular flexibility index (Phi) is 5.74. The topological polar surface area (TPSA) is 35.9 Å². The van der Waals surface area contributed by atoms with Crippen LogP contribution in [0.4, 0.5) is 0 Å². The summed E-state index contributed by atoms with van der Waals surface area (Å²) in [5, 5.41) is 4.20. The Balaban J connectivity index is 3.07. The molecule has 0 aromatic rings. The molecule has 11 heavy (non-hydrogen) atoms. The maximum atomic E-state index is 9.90. The lowest BCUT2D eigenvalue weighted by Gasteiger charge is -2.10. The molecule has 0 heterocycles. The molecule has 0 saturated carbocycles. The summed E-state index contributed by atoms with van der Waals surface area (Å²) in [6.45, 7) is 1.84. The number of nitrogens with zero attached hydrogens (tertiary/aromatic N) is 3. The van der Waals surface area contributed by atoms with Gasteiger partial charge in [-0.15, -0.1) is 4.91 Å². The monoisotopic (exact) mass is 159 g/mol. The van der Waals surface area contributed by atoms with E-state index < -0.39 is 0 Å². The van der Waals surface area contributed by atoms with Gasteiger partial charge in [0.2, 0.25) is 0 Å². The Hall–Kier alpha value is -0.640. The van der Waals surface area contributed by atoms with Crippen molar-refractivity contribution in [1.29, 1.82) is 0 Å². The lowest BCUT2D eigenvalue weighted by atomic mass is 10.3. The zero-order valence-corrected chi connectivity index (χ0v) is 7.58. The number of rotatable bonds is 6. The average molecular weight is 159 g/mol. The lowest BCUT2D eigenvalue weighted by Crippen LogP contribution is -2.16. The summed E-state index contributed by atoms with van der Waals surface area (Å²) in [4.78, 5) is 12.0. The van der Waals surface area contributed by atoms with Crippen LogP contribution in [0.15, 0.2) is 5.29 Å². The summed E-state index contributed by atoms with van der Waals surface area (Å²) >= 11 is 0. The lowest BCUT2D eigenvalue weighted by molar-refractivity contribution is 0.321. The van der Waals surface area contributed by atoms with Crippen LogP contribution < -0.4 is 0 Å². The summed E-state index contributed by atoms with van der Waals surface area (Å²) in [6.07, 6.45) is 2.15. The molecule has 0 aliphatic heterocycles. The highest BCUT2D eigenvalue weighted by molar-refractivity contribution is 4.48. The summed E-state index contributed by atoms with van der Waals surface area (Å²) in [6, 6.07) is 0. The van der Waals surface area contributed by atoms with Gasteiger partial charge in [-0.1, -0.05) is 0 Å². The maximum absolute atomic E-state index is 9.90. The van der Waals surface area contributed by atoms with Gasteiger partial charge in [-0.3, -0.25) is 5.01 Å². The van der Waals surface area contributed by atoms with Crippen molar-refractivity contribution in [1.82, 2.24) is 9.91 Å². The van der Waals surface area contributed by atoms with Crippen LogP contribution in [0.1, 0.15) is 12.8 Å². The third-order valence-electron chi connectivity index (χ3n) is 1.48. The van der Waals surface area contributed by atoms with E-state index in [9.17, 15) is 4.91 Å². The molecule has 0 saturated heterocycles. The SMILES string of the molecule is CN(C)CCCCN(C)N=O. The predicted molar refractivity (Wildman–Crippen MR) is 46.2 cm³/mol. The van der Waals surface area contributed by atoms with E-state index in [1.807, 2.05) is 14.1 Å². The van der Waals surface area contributed by atoms with Gasteiger partial charge in [0.1, 0.15) is 0 Å². The van der Waals surface area contributed by atoms with Gasteiger partial charge in [-0.05, 0) is 33.5 Å². The van der Waals surface area contributed by atoms with E-state index in [0.717, 1.165) is 25.9 Å². The van der Waals surface area contributed by atoms with Gasteiger partial charge in [-0.25, -0.2) is 0 Å². The van der Waals surface area contributed by atoms with Crippen molar-refractivity contribution < 1.29 is 0 Å². The Morgan fingerprint density at radius 2 is 1.64 bits per heavy atom. The maximum Gasteiger partial charge on any atom is 0.0521 e. The summed E-state index contributed by atoms with van der Waals surface area (Å²) in [5.41, 5.74) is 0. The van der Waals surface area contributed by atoms with Gasteiger partial charge >= 0.3 is 0 Å². The predicted octanol–water partition coefficient (Wildman–Crippen LogP) is 0.941. The average Bonchev–Trinajstić information content (AvgIpc) is 1.97. The van der Waals surface area contributed by atoms with Crippen molar-refractivity contribution in [2.75, 3.05) is 34.2 Å². The summed E-state index contributed by atoms with van der Waals surface area (Å²) < 4.78 is 0. The van der Waals surface area contributed by atoms with Gasteiger partial charge in [0.15, 0.2) is 0 Å². The zero-order valence-electron chi connectivity index (χ0n) is 7.58. The first-order chi connectivity index (χ1) is 5.16. The molecule has 0 amide bonds. The fourth-order valence-electron chi connectivity index (χ4n) is 0.809. The Labute approximate surface area is 68.1 Å². The third kappa shape index (κ3) is 7.25. The van der Waals surface area contributed by atoms with Crippen molar-refractivity contribution in [2.45, 2.75) is 12.8 Å². The fraction of sp³-hybridized carbons (Fsp3) is 1.00. The third-order valence-corrected chi connectivity index (χ3v) is 1.48. The molecule has 4 heteroatoms. The first-order valence-corrected chi connectivity index (χ1v) is 3.86. The second-order valence-electron chi connectivity index (χ2n) is 2.97. The molecule has 0 radical (unpaired) electrons. The molecule has 0 spiro atoms. The van der Waals surface area contributed by atoms with E-state index in [4.69, 9.17) is 0 Å². The normalized spacial score (nSPS) is 10.2. The highest BCUT2D eigenvalue weighted by atomic mass is 16.3. The standard InChI is InChI=1S/C7H17N3O/c1-9(2)6-4-5-7-10(3)8-11/h4-7H2,1-3H3. The number of unbranched alkanes of at least 4 members (excludes halogenated alkanes) is 1. The number of hydrogen-bond acceptors (Lipinski definition) is 3. The Bertz CT molecular complexity index is 106. The molecule has 0 rings (SSSR count). The minimum absolute atomic E-state index is 0.761. The molecular weight excluding hydrogens is 142 g/mol. The molecule has 0 aromatic heterocycles. The van der Waals surface area contributed by atoms with E-state index in [1.54, 1.807) is 7.05 Å². The van der Waals surface area contributed by atoms with Crippen molar-refractivity contribution in [2.24, 2.45) is 5.29 Å². The van der Waals surface area contributed by atoms with E-state index in [-0.39, 0.29) is 0 Å². The van der Waals surface area contributed by atoms with Crippen molar-refractivity contribution in [3.8, 4) is 0 Å². The quantitative estimate of drug-likeness (QED) is 0.329. The van der Waals surface area contributed by atoms with Crippen molar-refractivity contribution >= 4 is 0 Å². The molecule has 0 aromatic carbocycles. The highest BCUT2D eigenvalue weighted by Crippen LogP contribution is 1.93. The van der Waals surface area contributed by atoms with Crippen LogP contribution in [0.3, 0.4) is 0 Å². The first kappa shape index (κ1) is 10.4. The van der Waals surface area contributed by atoms with E-state index in [1.165, 1.54) is 5.01 Å².